The lowest BCUT2D eigenvalue weighted by Gasteiger charge is -2.44. The molecule has 110 valence electrons. The third-order valence-electron chi connectivity index (χ3n) is 4.92. The molecule has 1 aromatic carbocycles. The summed E-state index contributed by atoms with van der Waals surface area (Å²) in [6.07, 6.45) is 2.75. The first kappa shape index (κ1) is 13.5. The Morgan fingerprint density at radius 1 is 1.05 bits per heavy atom. The summed E-state index contributed by atoms with van der Waals surface area (Å²) in [5.74, 6) is 0. The van der Waals surface area contributed by atoms with E-state index in [1.54, 1.807) is 0 Å². The van der Waals surface area contributed by atoms with E-state index in [9.17, 15) is 0 Å². The lowest BCUT2D eigenvalue weighted by atomic mass is 10.00. The van der Waals surface area contributed by atoms with E-state index >= 15 is 0 Å². The van der Waals surface area contributed by atoms with Gasteiger partial charge in [-0.2, -0.15) is 0 Å². The molecule has 2 atom stereocenters. The Morgan fingerprint density at radius 2 is 1.95 bits per heavy atom. The van der Waals surface area contributed by atoms with Crippen LogP contribution in [0.2, 0.25) is 0 Å². The molecule has 0 bridgehead atoms. The molecule has 3 heterocycles. The van der Waals surface area contributed by atoms with Crippen molar-refractivity contribution in [3.8, 4) is 0 Å². The van der Waals surface area contributed by atoms with Gasteiger partial charge in [0.05, 0.1) is 0 Å². The number of benzene rings is 1. The number of rotatable bonds is 3. The first-order chi connectivity index (χ1) is 10.4. The zero-order chi connectivity index (χ0) is 14.1. The monoisotopic (exact) mass is 298 g/mol. The average Bonchev–Trinajstić information content (AvgIpc) is 3.18. The maximum absolute atomic E-state index is 2.71. The SMILES string of the molecule is c1ccc(C2CN3CCCC3CN2Cc2cccs2)cc1. The highest BCUT2D eigenvalue weighted by Gasteiger charge is 2.36. The Hall–Kier alpha value is -1.16. The van der Waals surface area contributed by atoms with Crippen LogP contribution >= 0.6 is 11.3 Å². The molecule has 2 aromatic rings. The predicted octanol–water partition coefficient (Wildman–Crippen LogP) is 3.77. The van der Waals surface area contributed by atoms with Crippen molar-refractivity contribution in [1.82, 2.24) is 9.80 Å². The Kier molecular flexibility index (Phi) is 3.80. The topological polar surface area (TPSA) is 6.48 Å². The van der Waals surface area contributed by atoms with Crippen LogP contribution in [-0.2, 0) is 6.54 Å². The summed E-state index contributed by atoms with van der Waals surface area (Å²) in [4.78, 5) is 6.90. The van der Waals surface area contributed by atoms with E-state index in [1.165, 1.54) is 42.9 Å². The van der Waals surface area contributed by atoms with Crippen molar-refractivity contribution in [3.05, 3.63) is 58.3 Å². The van der Waals surface area contributed by atoms with Crippen molar-refractivity contribution in [2.75, 3.05) is 19.6 Å². The fourth-order valence-corrected chi connectivity index (χ4v) is 4.58. The molecular weight excluding hydrogens is 276 g/mol. The van der Waals surface area contributed by atoms with Crippen LogP contribution in [0.4, 0.5) is 0 Å². The van der Waals surface area contributed by atoms with E-state index < -0.39 is 0 Å². The number of thiophene rings is 1. The lowest BCUT2D eigenvalue weighted by molar-refractivity contribution is 0.0455. The Labute approximate surface area is 131 Å². The van der Waals surface area contributed by atoms with Crippen LogP contribution in [-0.4, -0.2) is 35.5 Å². The number of piperazine rings is 1. The molecule has 2 nitrogen and oxygen atoms in total. The summed E-state index contributed by atoms with van der Waals surface area (Å²) in [5.41, 5.74) is 1.47. The highest BCUT2D eigenvalue weighted by Crippen LogP contribution is 2.33. The van der Waals surface area contributed by atoms with Gasteiger partial charge in [-0.15, -0.1) is 11.3 Å². The van der Waals surface area contributed by atoms with Crippen LogP contribution in [0.1, 0.15) is 29.3 Å². The molecule has 3 heteroatoms. The van der Waals surface area contributed by atoms with Gasteiger partial charge in [-0.25, -0.2) is 0 Å². The summed E-state index contributed by atoms with van der Waals surface area (Å²) < 4.78 is 0. The molecule has 2 saturated heterocycles. The van der Waals surface area contributed by atoms with E-state index in [0.29, 0.717) is 6.04 Å². The van der Waals surface area contributed by atoms with Gasteiger partial charge in [-0.1, -0.05) is 36.4 Å². The maximum Gasteiger partial charge on any atom is 0.0479 e. The number of nitrogens with zero attached hydrogens (tertiary/aromatic N) is 2. The van der Waals surface area contributed by atoms with Gasteiger partial charge >= 0.3 is 0 Å². The molecule has 0 N–H and O–H groups in total. The molecule has 0 aliphatic carbocycles. The molecule has 0 amide bonds. The summed E-state index contributed by atoms with van der Waals surface area (Å²) in [6.45, 7) is 4.81. The van der Waals surface area contributed by atoms with Gasteiger partial charge in [0.15, 0.2) is 0 Å². The first-order valence-corrected chi connectivity index (χ1v) is 8.83. The molecule has 0 spiro atoms. The number of fused-ring (bicyclic) bond motifs is 1. The van der Waals surface area contributed by atoms with E-state index in [0.717, 1.165) is 12.6 Å². The highest BCUT2D eigenvalue weighted by atomic mass is 32.1. The van der Waals surface area contributed by atoms with Crippen molar-refractivity contribution < 1.29 is 0 Å². The van der Waals surface area contributed by atoms with Crippen LogP contribution in [0.15, 0.2) is 47.8 Å². The van der Waals surface area contributed by atoms with Crippen molar-refractivity contribution >= 4 is 11.3 Å². The van der Waals surface area contributed by atoms with Gasteiger partial charge in [-0.3, -0.25) is 9.80 Å². The smallest absolute Gasteiger partial charge is 0.0479 e. The molecule has 2 aliphatic heterocycles. The number of hydrogen-bond donors (Lipinski definition) is 0. The normalized spacial score (nSPS) is 26.9. The van der Waals surface area contributed by atoms with Gasteiger partial charge in [0.25, 0.3) is 0 Å². The molecule has 0 radical (unpaired) electrons. The molecule has 1 aromatic heterocycles. The maximum atomic E-state index is 2.71. The molecule has 21 heavy (non-hydrogen) atoms. The summed E-state index contributed by atoms with van der Waals surface area (Å²) in [6, 6.07) is 16.8. The van der Waals surface area contributed by atoms with Gasteiger partial charge < -0.3 is 0 Å². The predicted molar refractivity (Wildman–Crippen MR) is 88.5 cm³/mol. The average molecular weight is 298 g/mol. The van der Waals surface area contributed by atoms with Gasteiger partial charge in [0.2, 0.25) is 0 Å². The molecule has 4 rings (SSSR count). The second kappa shape index (κ2) is 5.91. The van der Waals surface area contributed by atoms with Gasteiger partial charge in [0.1, 0.15) is 0 Å². The number of hydrogen-bond acceptors (Lipinski definition) is 3. The Morgan fingerprint density at radius 3 is 2.76 bits per heavy atom. The Bertz CT molecular complexity index is 566. The van der Waals surface area contributed by atoms with Crippen molar-refractivity contribution in [2.24, 2.45) is 0 Å². The van der Waals surface area contributed by atoms with Crippen LogP contribution in [0.3, 0.4) is 0 Å². The molecule has 2 unspecified atom stereocenters. The van der Waals surface area contributed by atoms with Crippen LogP contribution in [0.25, 0.3) is 0 Å². The van der Waals surface area contributed by atoms with Crippen LogP contribution < -0.4 is 0 Å². The fourth-order valence-electron chi connectivity index (χ4n) is 3.85. The largest absolute Gasteiger partial charge is 0.297 e. The summed E-state index contributed by atoms with van der Waals surface area (Å²) in [5, 5.41) is 2.19. The standard InChI is InChI=1S/C18H22N2S/c1-2-6-15(7-3-1)18-14-19-10-4-8-16(19)12-20(18)13-17-9-5-11-21-17/h1-3,5-7,9,11,16,18H,4,8,10,12-14H2. The highest BCUT2D eigenvalue weighted by molar-refractivity contribution is 7.09. The molecule has 2 aliphatic rings. The van der Waals surface area contributed by atoms with Crippen molar-refractivity contribution in [2.45, 2.75) is 31.5 Å². The van der Waals surface area contributed by atoms with Crippen molar-refractivity contribution in [1.29, 1.82) is 0 Å². The van der Waals surface area contributed by atoms with E-state index in [4.69, 9.17) is 0 Å². The van der Waals surface area contributed by atoms with Crippen LogP contribution in [0, 0.1) is 0 Å². The van der Waals surface area contributed by atoms with Crippen molar-refractivity contribution in [3.63, 3.8) is 0 Å². The van der Waals surface area contributed by atoms with E-state index in [2.05, 4.69) is 57.6 Å². The third-order valence-corrected chi connectivity index (χ3v) is 5.78. The minimum Gasteiger partial charge on any atom is -0.297 e. The van der Waals surface area contributed by atoms with E-state index in [-0.39, 0.29) is 0 Å². The first-order valence-electron chi connectivity index (χ1n) is 7.95. The summed E-state index contributed by atoms with van der Waals surface area (Å²) >= 11 is 1.88. The fraction of sp³-hybridized carbons (Fsp3) is 0.444. The quantitative estimate of drug-likeness (QED) is 0.851. The molecule has 2 fully saturated rings. The minimum absolute atomic E-state index is 0.544. The summed E-state index contributed by atoms with van der Waals surface area (Å²) in [7, 11) is 0. The van der Waals surface area contributed by atoms with Crippen LogP contribution in [0.5, 0.6) is 0 Å². The van der Waals surface area contributed by atoms with E-state index in [1.807, 2.05) is 11.3 Å². The Balaban J connectivity index is 1.60. The van der Waals surface area contributed by atoms with Gasteiger partial charge in [-0.05, 0) is 36.4 Å². The molecule has 0 saturated carbocycles. The second-order valence-electron chi connectivity index (χ2n) is 6.23. The molecular formula is C18H22N2S. The van der Waals surface area contributed by atoms with Gasteiger partial charge in [0, 0.05) is 36.6 Å². The second-order valence-corrected chi connectivity index (χ2v) is 7.26. The third kappa shape index (κ3) is 2.78. The minimum atomic E-state index is 0.544. The lowest BCUT2D eigenvalue weighted by Crippen LogP contribution is -2.51. The zero-order valence-electron chi connectivity index (χ0n) is 12.3. The zero-order valence-corrected chi connectivity index (χ0v) is 13.1.